The zero-order valence-corrected chi connectivity index (χ0v) is 14.8. The number of fused-ring (bicyclic) bond motifs is 1. The molecule has 0 N–H and O–H groups in total. The summed E-state index contributed by atoms with van der Waals surface area (Å²) in [5, 5.41) is -0.630. The fraction of sp³-hybridized carbons (Fsp3) is 0.500. The normalized spacial score (nSPS) is 19.7. The van der Waals surface area contributed by atoms with Crippen LogP contribution in [0.5, 0.6) is 0 Å². The Morgan fingerprint density at radius 1 is 1.30 bits per heavy atom. The predicted octanol–water partition coefficient (Wildman–Crippen LogP) is 3.67. The van der Waals surface area contributed by atoms with Crippen LogP contribution in [0, 0.1) is 0 Å². The Hall–Kier alpha value is -1.40. The quantitative estimate of drug-likeness (QED) is 0.821. The molecule has 0 radical (unpaired) electrons. The zero-order chi connectivity index (χ0) is 17.0. The van der Waals surface area contributed by atoms with Crippen LogP contribution in [0.25, 0.3) is 11.1 Å². The number of sulfone groups is 1. The number of hydrogen-bond acceptors (Lipinski definition) is 5. The van der Waals surface area contributed by atoms with Gasteiger partial charge in [0, 0.05) is 18.3 Å². The Morgan fingerprint density at radius 2 is 2.00 bits per heavy atom. The van der Waals surface area contributed by atoms with Crippen molar-refractivity contribution in [2.45, 2.75) is 55.6 Å². The largest absolute Gasteiger partial charge is 0.439 e. The lowest BCUT2D eigenvalue weighted by Crippen LogP contribution is -2.19. The van der Waals surface area contributed by atoms with Crippen LogP contribution in [0.3, 0.4) is 0 Å². The first-order valence-electron chi connectivity index (χ1n) is 7.46. The zero-order valence-electron chi connectivity index (χ0n) is 13.2. The van der Waals surface area contributed by atoms with Crippen molar-refractivity contribution in [2.75, 3.05) is 0 Å². The fourth-order valence-electron chi connectivity index (χ4n) is 2.74. The molecule has 1 fully saturated rings. The number of halogens is 1. The van der Waals surface area contributed by atoms with E-state index in [1.165, 1.54) is 6.07 Å². The Morgan fingerprint density at radius 3 is 2.57 bits per heavy atom. The fourth-order valence-corrected chi connectivity index (χ4v) is 5.12. The van der Waals surface area contributed by atoms with Gasteiger partial charge >= 0.3 is 0 Å². The van der Waals surface area contributed by atoms with Crippen LogP contribution in [-0.4, -0.2) is 24.4 Å². The van der Waals surface area contributed by atoms with E-state index < -0.39 is 15.1 Å². The number of aromatic nitrogens is 1. The minimum absolute atomic E-state index is 0.0326. The van der Waals surface area contributed by atoms with E-state index in [9.17, 15) is 13.2 Å². The first-order valence-corrected chi connectivity index (χ1v) is 9.38. The maximum absolute atomic E-state index is 12.9. The van der Waals surface area contributed by atoms with Crippen LogP contribution in [0.1, 0.15) is 45.9 Å². The highest BCUT2D eigenvalue weighted by atomic mass is 35.5. The van der Waals surface area contributed by atoms with Crippen molar-refractivity contribution in [1.82, 2.24) is 4.98 Å². The van der Waals surface area contributed by atoms with Crippen LogP contribution < -0.4 is 0 Å². The van der Waals surface area contributed by atoms with E-state index in [1.807, 2.05) is 20.8 Å². The van der Waals surface area contributed by atoms with Crippen LogP contribution in [0.4, 0.5) is 0 Å². The van der Waals surface area contributed by atoms with Gasteiger partial charge in [-0.2, -0.15) is 0 Å². The van der Waals surface area contributed by atoms with Gasteiger partial charge in [0.2, 0.25) is 5.89 Å². The van der Waals surface area contributed by atoms with Crippen molar-refractivity contribution >= 4 is 38.3 Å². The summed E-state index contributed by atoms with van der Waals surface area (Å²) in [4.78, 5) is 15.8. The van der Waals surface area contributed by atoms with Gasteiger partial charge in [0.15, 0.2) is 15.4 Å². The monoisotopic (exact) mass is 355 g/mol. The average Bonchev–Trinajstić information content (AvgIpc) is 3.03. The number of hydrogen-bond donors (Lipinski definition) is 0. The molecule has 0 aliphatic heterocycles. The molecular weight excluding hydrogens is 338 g/mol. The molecule has 3 rings (SSSR count). The summed E-state index contributed by atoms with van der Waals surface area (Å²) in [7, 11) is -3.75. The Balaban J connectivity index is 2.22. The standard InChI is InChI=1S/C16H18ClNO4S/c1-16(2,3)15-18-12-7-6-11(17)14(13(12)22-15)23(20,21)10-5-4-9(19)8-10/h6-7,10H,4-5,8H2,1-3H3. The topological polar surface area (TPSA) is 77.2 Å². The molecule has 1 saturated carbocycles. The third-order valence-corrected chi connectivity index (χ3v) is 6.71. The number of nitrogens with zero attached hydrogens (tertiary/aromatic N) is 1. The summed E-state index contributed by atoms with van der Waals surface area (Å²) in [6.45, 7) is 5.80. The van der Waals surface area contributed by atoms with E-state index in [0.29, 0.717) is 24.2 Å². The number of oxazole rings is 1. The first kappa shape index (κ1) is 16.5. The Labute approximate surface area is 139 Å². The molecule has 0 bridgehead atoms. The van der Waals surface area contributed by atoms with Gasteiger partial charge in [-0.3, -0.25) is 4.79 Å². The van der Waals surface area contributed by atoms with E-state index in [1.54, 1.807) is 6.07 Å². The van der Waals surface area contributed by atoms with Gasteiger partial charge < -0.3 is 4.42 Å². The second-order valence-electron chi connectivity index (χ2n) is 6.94. The van der Waals surface area contributed by atoms with E-state index in [0.717, 1.165) is 0 Å². The van der Waals surface area contributed by atoms with Crippen LogP contribution in [-0.2, 0) is 20.0 Å². The highest BCUT2D eigenvalue weighted by molar-refractivity contribution is 7.92. The minimum Gasteiger partial charge on any atom is -0.439 e. The number of benzene rings is 1. The van der Waals surface area contributed by atoms with Crippen molar-refractivity contribution in [3.63, 3.8) is 0 Å². The molecule has 0 amide bonds. The number of carbonyl (C=O) groups excluding carboxylic acids is 1. The molecule has 1 unspecified atom stereocenters. The molecule has 0 saturated heterocycles. The summed E-state index contributed by atoms with van der Waals surface area (Å²) in [6, 6.07) is 3.16. The van der Waals surface area contributed by atoms with Crippen LogP contribution in [0.15, 0.2) is 21.4 Å². The third-order valence-electron chi connectivity index (χ3n) is 4.03. The molecule has 23 heavy (non-hydrogen) atoms. The van der Waals surface area contributed by atoms with Gasteiger partial charge in [-0.15, -0.1) is 0 Å². The Bertz CT molecular complexity index is 893. The molecule has 1 aliphatic rings. The number of Topliss-reactive ketones (excluding diaryl/α,β-unsaturated/α-hetero) is 1. The number of rotatable bonds is 2. The highest BCUT2D eigenvalue weighted by Gasteiger charge is 2.38. The van der Waals surface area contributed by atoms with E-state index in [-0.39, 0.29) is 33.1 Å². The molecule has 1 heterocycles. The number of carbonyl (C=O) groups is 1. The summed E-state index contributed by atoms with van der Waals surface area (Å²) < 4.78 is 31.7. The molecule has 1 aromatic carbocycles. The smallest absolute Gasteiger partial charge is 0.200 e. The first-order chi connectivity index (χ1) is 10.6. The van der Waals surface area contributed by atoms with Crippen LogP contribution >= 0.6 is 11.6 Å². The van der Waals surface area contributed by atoms with Crippen molar-refractivity contribution in [3.05, 3.63) is 23.0 Å². The van der Waals surface area contributed by atoms with Gasteiger partial charge in [-0.1, -0.05) is 32.4 Å². The van der Waals surface area contributed by atoms with Gasteiger partial charge in [0.05, 0.1) is 10.3 Å². The van der Waals surface area contributed by atoms with Gasteiger partial charge in [-0.05, 0) is 18.6 Å². The molecule has 1 atom stereocenters. The van der Waals surface area contributed by atoms with Crippen molar-refractivity contribution in [2.24, 2.45) is 0 Å². The minimum atomic E-state index is -3.75. The van der Waals surface area contributed by atoms with Gasteiger partial charge in [0.1, 0.15) is 16.2 Å². The summed E-state index contributed by atoms with van der Waals surface area (Å²) in [5.41, 5.74) is 0.291. The summed E-state index contributed by atoms with van der Waals surface area (Å²) in [6.07, 6.45) is 0.657. The van der Waals surface area contributed by atoms with Crippen molar-refractivity contribution < 1.29 is 17.6 Å². The van der Waals surface area contributed by atoms with E-state index in [2.05, 4.69) is 4.98 Å². The average molecular weight is 356 g/mol. The molecule has 5 nitrogen and oxygen atoms in total. The SMILES string of the molecule is CC(C)(C)c1nc2ccc(Cl)c(S(=O)(=O)C3CCC(=O)C3)c2o1. The predicted molar refractivity (Wildman–Crippen MR) is 87.6 cm³/mol. The Kier molecular flexibility index (Phi) is 3.80. The third kappa shape index (κ3) is 2.78. The van der Waals surface area contributed by atoms with E-state index in [4.69, 9.17) is 16.0 Å². The lowest BCUT2D eigenvalue weighted by atomic mass is 9.97. The second kappa shape index (κ2) is 5.31. The maximum atomic E-state index is 12.9. The second-order valence-corrected chi connectivity index (χ2v) is 9.51. The van der Waals surface area contributed by atoms with Crippen LogP contribution in [0.2, 0.25) is 5.02 Å². The molecule has 0 spiro atoms. The highest BCUT2D eigenvalue weighted by Crippen LogP contribution is 2.38. The lowest BCUT2D eigenvalue weighted by Gasteiger charge is -2.13. The molecule has 7 heteroatoms. The summed E-state index contributed by atoms with van der Waals surface area (Å²) in [5.74, 6) is 0.420. The maximum Gasteiger partial charge on any atom is 0.200 e. The molecular formula is C16H18ClNO4S. The lowest BCUT2D eigenvalue weighted by molar-refractivity contribution is -0.117. The number of ketones is 1. The van der Waals surface area contributed by atoms with Gasteiger partial charge in [-0.25, -0.2) is 13.4 Å². The molecule has 124 valence electrons. The summed E-state index contributed by atoms with van der Waals surface area (Å²) >= 11 is 6.17. The van der Waals surface area contributed by atoms with Gasteiger partial charge in [0.25, 0.3) is 0 Å². The van der Waals surface area contributed by atoms with Crippen molar-refractivity contribution in [3.8, 4) is 0 Å². The molecule has 1 aliphatic carbocycles. The van der Waals surface area contributed by atoms with E-state index >= 15 is 0 Å². The molecule has 2 aromatic rings. The molecule has 1 aromatic heterocycles. The van der Waals surface area contributed by atoms with Crippen molar-refractivity contribution in [1.29, 1.82) is 0 Å².